The number of hydrogen-bond donors (Lipinski definition) is 2. The van der Waals surface area contributed by atoms with Crippen molar-refractivity contribution in [1.29, 1.82) is 0 Å². The second kappa shape index (κ2) is 8.08. The number of likely N-dealkylation sites (N-methyl/N-ethyl adjacent to an activating group) is 1. The Balaban J connectivity index is 3.68. The predicted octanol–water partition coefficient (Wildman–Crippen LogP) is 0.251. The SMILES string of the molecule is CNC(CCSC(C)CO)C(=O)OC. The summed E-state index contributed by atoms with van der Waals surface area (Å²) in [5, 5.41) is 11.9. The third kappa shape index (κ3) is 5.47. The number of aliphatic hydroxyl groups is 1. The first-order valence-corrected chi connectivity index (χ1v) is 5.68. The van der Waals surface area contributed by atoms with Gasteiger partial charge in [-0.15, -0.1) is 0 Å². The molecule has 0 aliphatic carbocycles. The summed E-state index contributed by atoms with van der Waals surface area (Å²) in [4.78, 5) is 11.1. The molecule has 0 bridgehead atoms. The Labute approximate surface area is 89.4 Å². The van der Waals surface area contributed by atoms with Crippen LogP contribution in [0.4, 0.5) is 0 Å². The summed E-state index contributed by atoms with van der Waals surface area (Å²) in [6.45, 7) is 2.13. The minimum atomic E-state index is -0.238. The van der Waals surface area contributed by atoms with Gasteiger partial charge in [0, 0.05) is 5.25 Å². The summed E-state index contributed by atoms with van der Waals surface area (Å²) < 4.78 is 4.63. The number of ether oxygens (including phenoxy) is 1. The smallest absolute Gasteiger partial charge is 0.322 e. The molecule has 0 radical (unpaired) electrons. The summed E-state index contributed by atoms with van der Waals surface area (Å²) in [6.07, 6.45) is 0.720. The predicted molar refractivity (Wildman–Crippen MR) is 58.5 cm³/mol. The molecular weight excluding hydrogens is 202 g/mol. The molecule has 14 heavy (non-hydrogen) atoms. The molecule has 84 valence electrons. The third-order valence-electron chi connectivity index (χ3n) is 1.90. The van der Waals surface area contributed by atoms with Crippen LogP contribution in [0.5, 0.6) is 0 Å². The van der Waals surface area contributed by atoms with Crippen molar-refractivity contribution in [3.63, 3.8) is 0 Å². The molecule has 0 rings (SSSR count). The summed E-state index contributed by atoms with van der Waals surface area (Å²) >= 11 is 1.65. The van der Waals surface area contributed by atoms with Crippen LogP contribution in [0.2, 0.25) is 0 Å². The first-order valence-electron chi connectivity index (χ1n) is 4.63. The van der Waals surface area contributed by atoms with E-state index in [1.807, 2.05) is 6.92 Å². The zero-order valence-corrected chi connectivity index (χ0v) is 9.76. The second-order valence-electron chi connectivity index (χ2n) is 3.02. The molecule has 0 saturated heterocycles. The molecule has 0 spiro atoms. The molecular formula is C9H19NO3S. The van der Waals surface area contributed by atoms with E-state index >= 15 is 0 Å². The van der Waals surface area contributed by atoms with Gasteiger partial charge in [-0.3, -0.25) is 4.79 Å². The summed E-state index contributed by atoms with van der Waals surface area (Å²) in [6, 6.07) is -0.238. The maximum Gasteiger partial charge on any atom is 0.322 e. The topological polar surface area (TPSA) is 58.6 Å². The van der Waals surface area contributed by atoms with Gasteiger partial charge in [0.05, 0.1) is 13.7 Å². The van der Waals surface area contributed by atoms with Crippen molar-refractivity contribution < 1.29 is 14.6 Å². The van der Waals surface area contributed by atoms with E-state index in [4.69, 9.17) is 5.11 Å². The number of methoxy groups -OCH3 is 1. The average molecular weight is 221 g/mol. The van der Waals surface area contributed by atoms with Crippen LogP contribution in [0, 0.1) is 0 Å². The minimum absolute atomic E-state index is 0.174. The van der Waals surface area contributed by atoms with E-state index in [9.17, 15) is 4.79 Å². The maximum absolute atomic E-state index is 11.1. The van der Waals surface area contributed by atoms with Crippen LogP contribution < -0.4 is 5.32 Å². The normalized spacial score (nSPS) is 14.9. The van der Waals surface area contributed by atoms with Gasteiger partial charge in [0.2, 0.25) is 0 Å². The van der Waals surface area contributed by atoms with Crippen molar-refractivity contribution in [2.45, 2.75) is 24.6 Å². The Kier molecular flexibility index (Phi) is 7.93. The highest BCUT2D eigenvalue weighted by molar-refractivity contribution is 7.99. The summed E-state index contributed by atoms with van der Waals surface area (Å²) in [5.41, 5.74) is 0. The van der Waals surface area contributed by atoms with E-state index in [0.29, 0.717) is 0 Å². The lowest BCUT2D eigenvalue weighted by atomic mass is 10.2. The molecule has 0 aromatic carbocycles. The zero-order valence-electron chi connectivity index (χ0n) is 8.95. The van der Waals surface area contributed by atoms with Gasteiger partial charge in [0.1, 0.15) is 6.04 Å². The van der Waals surface area contributed by atoms with Gasteiger partial charge in [0.15, 0.2) is 0 Å². The lowest BCUT2D eigenvalue weighted by molar-refractivity contribution is -0.143. The van der Waals surface area contributed by atoms with Gasteiger partial charge in [0.25, 0.3) is 0 Å². The number of carbonyl (C=O) groups is 1. The molecule has 0 saturated carbocycles. The molecule has 0 aliphatic heterocycles. The lowest BCUT2D eigenvalue weighted by Gasteiger charge is -2.14. The van der Waals surface area contributed by atoms with Crippen molar-refractivity contribution in [1.82, 2.24) is 5.32 Å². The van der Waals surface area contributed by atoms with E-state index in [1.54, 1.807) is 18.8 Å². The van der Waals surface area contributed by atoms with Crippen LogP contribution in [-0.2, 0) is 9.53 Å². The first kappa shape index (κ1) is 13.7. The van der Waals surface area contributed by atoms with E-state index in [0.717, 1.165) is 12.2 Å². The number of aliphatic hydroxyl groups excluding tert-OH is 1. The molecule has 2 N–H and O–H groups in total. The number of esters is 1. The van der Waals surface area contributed by atoms with Crippen LogP contribution >= 0.6 is 11.8 Å². The molecule has 2 unspecified atom stereocenters. The Hall–Kier alpha value is -0.260. The largest absolute Gasteiger partial charge is 0.468 e. The highest BCUT2D eigenvalue weighted by Crippen LogP contribution is 2.12. The Morgan fingerprint density at radius 3 is 2.71 bits per heavy atom. The van der Waals surface area contributed by atoms with Gasteiger partial charge in [-0.05, 0) is 19.2 Å². The van der Waals surface area contributed by atoms with Crippen molar-refractivity contribution in [3.05, 3.63) is 0 Å². The highest BCUT2D eigenvalue weighted by atomic mass is 32.2. The molecule has 2 atom stereocenters. The maximum atomic E-state index is 11.1. The molecule has 5 heteroatoms. The number of nitrogens with one attached hydrogen (secondary N) is 1. The van der Waals surface area contributed by atoms with Gasteiger partial charge < -0.3 is 15.2 Å². The van der Waals surface area contributed by atoms with Crippen molar-refractivity contribution >= 4 is 17.7 Å². The number of rotatable bonds is 7. The van der Waals surface area contributed by atoms with Crippen LogP contribution in [0.3, 0.4) is 0 Å². The van der Waals surface area contributed by atoms with E-state index in [1.165, 1.54) is 7.11 Å². The summed E-state index contributed by atoms with van der Waals surface area (Å²) in [7, 11) is 3.12. The van der Waals surface area contributed by atoms with Crippen molar-refractivity contribution in [2.75, 3.05) is 26.5 Å². The first-order chi connectivity index (χ1) is 6.65. The molecule has 4 nitrogen and oxygen atoms in total. The number of carbonyl (C=O) groups excluding carboxylic acids is 1. The Morgan fingerprint density at radius 1 is 1.64 bits per heavy atom. The zero-order chi connectivity index (χ0) is 11.0. The van der Waals surface area contributed by atoms with Crippen molar-refractivity contribution in [2.24, 2.45) is 0 Å². The standard InChI is InChI=1S/C9H19NO3S/c1-7(6-11)14-5-4-8(10-2)9(12)13-3/h7-8,10-11H,4-6H2,1-3H3. The molecule has 0 aromatic heterocycles. The molecule has 0 fully saturated rings. The second-order valence-corrected chi connectivity index (χ2v) is 4.56. The third-order valence-corrected chi connectivity index (χ3v) is 3.09. The molecule has 0 heterocycles. The fraction of sp³-hybridized carbons (Fsp3) is 0.889. The van der Waals surface area contributed by atoms with Crippen LogP contribution in [0.1, 0.15) is 13.3 Å². The van der Waals surface area contributed by atoms with Gasteiger partial charge >= 0.3 is 5.97 Å². The molecule has 0 amide bonds. The van der Waals surface area contributed by atoms with Gasteiger partial charge in [-0.2, -0.15) is 11.8 Å². The van der Waals surface area contributed by atoms with Crippen LogP contribution in [0.15, 0.2) is 0 Å². The van der Waals surface area contributed by atoms with Crippen molar-refractivity contribution in [3.8, 4) is 0 Å². The number of thioether (sulfide) groups is 1. The van der Waals surface area contributed by atoms with E-state index < -0.39 is 0 Å². The average Bonchev–Trinajstić information content (AvgIpc) is 2.22. The lowest BCUT2D eigenvalue weighted by Crippen LogP contribution is -2.35. The highest BCUT2D eigenvalue weighted by Gasteiger charge is 2.16. The van der Waals surface area contributed by atoms with Gasteiger partial charge in [-0.1, -0.05) is 6.92 Å². The van der Waals surface area contributed by atoms with Gasteiger partial charge in [-0.25, -0.2) is 0 Å². The Morgan fingerprint density at radius 2 is 2.29 bits per heavy atom. The number of hydrogen-bond acceptors (Lipinski definition) is 5. The summed E-state index contributed by atoms with van der Waals surface area (Å²) in [5.74, 6) is 0.604. The fourth-order valence-corrected chi connectivity index (χ4v) is 1.84. The Bertz CT molecular complexity index is 166. The molecule has 0 aromatic rings. The minimum Gasteiger partial charge on any atom is -0.468 e. The quantitative estimate of drug-likeness (QED) is 0.604. The van der Waals surface area contributed by atoms with Crippen LogP contribution in [-0.4, -0.2) is 48.9 Å². The van der Waals surface area contributed by atoms with E-state index in [2.05, 4.69) is 10.1 Å². The fourth-order valence-electron chi connectivity index (χ4n) is 0.962. The molecule has 0 aliphatic rings. The monoisotopic (exact) mass is 221 g/mol. The van der Waals surface area contributed by atoms with Crippen LogP contribution in [0.25, 0.3) is 0 Å². The van der Waals surface area contributed by atoms with E-state index in [-0.39, 0.29) is 23.9 Å².